The summed E-state index contributed by atoms with van der Waals surface area (Å²) in [4.78, 5) is 23.9. The predicted molar refractivity (Wildman–Crippen MR) is 126 cm³/mol. The molecular formula is C26H30N4O2. The van der Waals surface area contributed by atoms with E-state index in [0.29, 0.717) is 5.88 Å². The van der Waals surface area contributed by atoms with E-state index in [1.54, 1.807) is 12.4 Å². The van der Waals surface area contributed by atoms with Crippen LogP contribution in [0.2, 0.25) is 0 Å². The molecule has 1 unspecified atom stereocenters. The average molecular weight is 431 g/mol. The van der Waals surface area contributed by atoms with Crippen LogP contribution in [0.15, 0.2) is 67.0 Å². The number of nitrogens with one attached hydrogen (secondary N) is 1. The molecule has 1 amide bonds. The quantitative estimate of drug-likeness (QED) is 0.576. The SMILES string of the molecule is CCc1ccc(Oc2nccnc2N2CCC(C(=O)NC(C)c3ccccc3)CC2)cc1. The minimum Gasteiger partial charge on any atom is -0.436 e. The Hall–Kier alpha value is -3.41. The van der Waals surface area contributed by atoms with Crippen LogP contribution in [0.4, 0.5) is 5.82 Å². The number of amides is 1. The third-order valence-corrected chi connectivity index (χ3v) is 6.02. The highest BCUT2D eigenvalue weighted by atomic mass is 16.5. The van der Waals surface area contributed by atoms with Gasteiger partial charge in [0.25, 0.3) is 5.88 Å². The summed E-state index contributed by atoms with van der Waals surface area (Å²) in [5.41, 5.74) is 2.38. The number of piperidine rings is 1. The number of ether oxygens (including phenoxy) is 1. The van der Waals surface area contributed by atoms with Crippen LogP contribution in [0.1, 0.15) is 43.9 Å². The van der Waals surface area contributed by atoms with Crippen molar-refractivity contribution in [2.24, 2.45) is 5.92 Å². The minimum atomic E-state index is 0.0000373. The lowest BCUT2D eigenvalue weighted by Gasteiger charge is -2.33. The zero-order valence-corrected chi connectivity index (χ0v) is 18.7. The van der Waals surface area contributed by atoms with E-state index in [1.807, 2.05) is 49.4 Å². The summed E-state index contributed by atoms with van der Waals surface area (Å²) in [6.07, 6.45) is 5.86. The zero-order chi connectivity index (χ0) is 22.3. The molecule has 6 heteroatoms. The number of carbonyl (C=O) groups is 1. The summed E-state index contributed by atoms with van der Waals surface area (Å²) in [5, 5.41) is 3.16. The summed E-state index contributed by atoms with van der Waals surface area (Å²) >= 11 is 0. The van der Waals surface area contributed by atoms with Crippen molar-refractivity contribution in [3.63, 3.8) is 0 Å². The molecule has 0 bridgehead atoms. The van der Waals surface area contributed by atoms with Crippen molar-refractivity contribution in [3.8, 4) is 11.6 Å². The molecular weight excluding hydrogens is 400 g/mol. The molecule has 6 nitrogen and oxygen atoms in total. The number of hydrogen-bond donors (Lipinski definition) is 1. The van der Waals surface area contributed by atoms with Crippen LogP contribution in [0, 0.1) is 5.92 Å². The lowest BCUT2D eigenvalue weighted by molar-refractivity contribution is -0.126. The number of rotatable bonds is 7. The van der Waals surface area contributed by atoms with Crippen molar-refractivity contribution in [2.45, 2.75) is 39.2 Å². The van der Waals surface area contributed by atoms with E-state index >= 15 is 0 Å². The van der Waals surface area contributed by atoms with Gasteiger partial charge in [-0.15, -0.1) is 0 Å². The van der Waals surface area contributed by atoms with E-state index < -0.39 is 0 Å². The second-order valence-electron chi connectivity index (χ2n) is 8.19. The molecule has 32 heavy (non-hydrogen) atoms. The molecule has 4 rings (SSSR count). The number of aryl methyl sites for hydroxylation is 1. The van der Waals surface area contributed by atoms with Gasteiger partial charge >= 0.3 is 0 Å². The van der Waals surface area contributed by atoms with E-state index in [4.69, 9.17) is 4.74 Å². The average Bonchev–Trinajstić information content (AvgIpc) is 2.85. The van der Waals surface area contributed by atoms with Crippen molar-refractivity contribution >= 4 is 11.7 Å². The molecule has 0 radical (unpaired) electrons. The van der Waals surface area contributed by atoms with E-state index in [-0.39, 0.29) is 17.9 Å². The Labute approximate surface area is 189 Å². The Kier molecular flexibility index (Phi) is 7.00. The van der Waals surface area contributed by atoms with Gasteiger partial charge in [0, 0.05) is 31.4 Å². The fraction of sp³-hybridized carbons (Fsp3) is 0.346. The fourth-order valence-corrected chi connectivity index (χ4v) is 4.02. The van der Waals surface area contributed by atoms with Gasteiger partial charge in [0.15, 0.2) is 5.82 Å². The smallest absolute Gasteiger partial charge is 0.263 e. The molecule has 1 saturated heterocycles. The lowest BCUT2D eigenvalue weighted by Crippen LogP contribution is -2.41. The molecule has 0 saturated carbocycles. The Morgan fingerprint density at radius 1 is 1.06 bits per heavy atom. The van der Waals surface area contributed by atoms with E-state index in [0.717, 1.165) is 49.5 Å². The first-order chi connectivity index (χ1) is 15.6. The van der Waals surface area contributed by atoms with Crippen molar-refractivity contribution in [3.05, 3.63) is 78.1 Å². The van der Waals surface area contributed by atoms with Gasteiger partial charge in [0.05, 0.1) is 6.04 Å². The first-order valence-corrected chi connectivity index (χ1v) is 11.3. The summed E-state index contributed by atoms with van der Waals surface area (Å²) in [7, 11) is 0. The summed E-state index contributed by atoms with van der Waals surface area (Å²) in [6.45, 7) is 5.63. The largest absolute Gasteiger partial charge is 0.436 e. The first-order valence-electron chi connectivity index (χ1n) is 11.3. The zero-order valence-electron chi connectivity index (χ0n) is 18.7. The van der Waals surface area contributed by atoms with Crippen LogP contribution >= 0.6 is 0 Å². The molecule has 166 valence electrons. The highest BCUT2D eigenvalue weighted by Gasteiger charge is 2.28. The monoisotopic (exact) mass is 430 g/mol. The van der Waals surface area contributed by atoms with E-state index in [2.05, 4.69) is 39.2 Å². The molecule has 1 aliphatic rings. The van der Waals surface area contributed by atoms with Crippen molar-refractivity contribution in [1.29, 1.82) is 0 Å². The second-order valence-corrected chi connectivity index (χ2v) is 8.19. The highest BCUT2D eigenvalue weighted by Crippen LogP contribution is 2.31. The van der Waals surface area contributed by atoms with Gasteiger partial charge < -0.3 is 15.0 Å². The maximum atomic E-state index is 12.8. The van der Waals surface area contributed by atoms with Crippen molar-refractivity contribution in [1.82, 2.24) is 15.3 Å². The van der Waals surface area contributed by atoms with E-state index in [9.17, 15) is 4.79 Å². The number of hydrogen-bond acceptors (Lipinski definition) is 5. The highest BCUT2D eigenvalue weighted by molar-refractivity contribution is 5.79. The number of nitrogens with zero attached hydrogens (tertiary/aromatic N) is 3. The topological polar surface area (TPSA) is 67.4 Å². The molecule has 3 aromatic rings. The van der Waals surface area contributed by atoms with Crippen LogP contribution in [0.25, 0.3) is 0 Å². The van der Waals surface area contributed by atoms with Gasteiger partial charge in [-0.25, -0.2) is 9.97 Å². The third kappa shape index (κ3) is 5.25. The summed E-state index contributed by atoms with van der Waals surface area (Å²) in [5.74, 6) is 2.08. The molecule has 0 aliphatic carbocycles. The molecule has 1 aliphatic heterocycles. The number of carbonyl (C=O) groups excluding carboxylic acids is 1. The van der Waals surface area contributed by atoms with Gasteiger partial charge in [-0.05, 0) is 49.4 Å². The molecule has 2 aromatic carbocycles. The van der Waals surface area contributed by atoms with Gasteiger partial charge in [-0.2, -0.15) is 0 Å². The normalized spacial score (nSPS) is 15.2. The minimum absolute atomic E-state index is 0.0000373. The van der Waals surface area contributed by atoms with Gasteiger partial charge in [0.1, 0.15) is 5.75 Å². The molecule has 2 heterocycles. The standard InChI is InChI=1S/C26H30N4O2/c1-3-20-9-11-23(12-10-20)32-26-24(27-15-16-28-26)30-17-13-22(14-18-30)25(31)29-19(2)21-7-5-4-6-8-21/h4-12,15-16,19,22H,3,13-14,17-18H2,1-2H3,(H,29,31). The number of aromatic nitrogens is 2. The second kappa shape index (κ2) is 10.3. The Morgan fingerprint density at radius 3 is 2.44 bits per heavy atom. The molecule has 1 atom stereocenters. The number of anilines is 1. The van der Waals surface area contributed by atoms with Crippen molar-refractivity contribution in [2.75, 3.05) is 18.0 Å². The molecule has 1 fully saturated rings. The maximum absolute atomic E-state index is 12.8. The van der Waals surface area contributed by atoms with Gasteiger partial charge in [-0.3, -0.25) is 4.79 Å². The van der Waals surface area contributed by atoms with Crippen molar-refractivity contribution < 1.29 is 9.53 Å². The summed E-state index contributed by atoms with van der Waals surface area (Å²) in [6, 6.07) is 18.1. The third-order valence-electron chi connectivity index (χ3n) is 6.02. The van der Waals surface area contributed by atoms with Crippen LogP contribution in [0.5, 0.6) is 11.6 Å². The van der Waals surface area contributed by atoms with Crippen LogP contribution in [-0.2, 0) is 11.2 Å². The molecule has 1 aromatic heterocycles. The first kappa shape index (κ1) is 21.8. The van der Waals surface area contributed by atoms with E-state index in [1.165, 1.54) is 5.56 Å². The molecule has 1 N–H and O–H groups in total. The van der Waals surface area contributed by atoms with Gasteiger partial charge in [0.2, 0.25) is 5.91 Å². The maximum Gasteiger partial charge on any atom is 0.263 e. The predicted octanol–water partition coefficient (Wildman–Crippen LogP) is 4.93. The Morgan fingerprint density at radius 2 is 1.75 bits per heavy atom. The number of benzene rings is 2. The van der Waals surface area contributed by atoms with Gasteiger partial charge in [-0.1, -0.05) is 49.4 Å². The molecule has 0 spiro atoms. The Bertz CT molecular complexity index is 1020. The van der Waals surface area contributed by atoms with Crippen LogP contribution < -0.4 is 15.0 Å². The lowest BCUT2D eigenvalue weighted by atomic mass is 9.95. The van der Waals surface area contributed by atoms with Crippen LogP contribution in [-0.4, -0.2) is 29.0 Å². The fourth-order valence-electron chi connectivity index (χ4n) is 4.02. The van der Waals surface area contributed by atoms with Crippen LogP contribution in [0.3, 0.4) is 0 Å². The summed E-state index contributed by atoms with van der Waals surface area (Å²) < 4.78 is 6.04. The Balaban J connectivity index is 1.36.